The summed E-state index contributed by atoms with van der Waals surface area (Å²) in [6.07, 6.45) is 37.7. The standard InChI is InChI=1S/C48H102N2O6/c1-7-9-11-13-15-17-19-21-23-25-27-29-31-33-35-49(3,4)43-47(51)45-55-41-39-53-37-38-54-40-42-56-46-48(52)44-50(5,6)36-34-32-30-28-26-24-22-20-18-16-14-12-10-8-2/h47-48,51-52H,7-46H2,1-6H3/q+2. The highest BCUT2D eigenvalue weighted by atomic mass is 16.6. The molecule has 0 fully saturated rings. The molecule has 2 unspecified atom stereocenters. The number of quaternary nitrogens is 2. The highest BCUT2D eigenvalue weighted by molar-refractivity contribution is 4.56. The summed E-state index contributed by atoms with van der Waals surface area (Å²) in [4.78, 5) is 0. The Bertz CT molecular complexity index is 708. The van der Waals surface area contributed by atoms with Gasteiger partial charge < -0.3 is 38.1 Å². The molecule has 2 N–H and O–H groups in total. The first-order valence-corrected chi connectivity index (χ1v) is 24.4. The Hall–Kier alpha value is -0.320. The van der Waals surface area contributed by atoms with Crippen LogP contribution in [0.4, 0.5) is 0 Å². The largest absolute Gasteiger partial charge is 0.385 e. The van der Waals surface area contributed by atoms with Crippen LogP contribution in [0.15, 0.2) is 0 Å². The number of unbranched alkanes of at least 4 members (excludes halogenated alkanes) is 26. The van der Waals surface area contributed by atoms with Crippen molar-refractivity contribution in [3.8, 4) is 0 Å². The number of aliphatic hydroxyl groups is 2. The van der Waals surface area contributed by atoms with E-state index in [1.807, 2.05) is 0 Å². The van der Waals surface area contributed by atoms with Crippen LogP contribution in [0.2, 0.25) is 0 Å². The van der Waals surface area contributed by atoms with E-state index in [4.69, 9.17) is 18.9 Å². The van der Waals surface area contributed by atoms with Crippen LogP contribution in [0.25, 0.3) is 0 Å². The van der Waals surface area contributed by atoms with E-state index in [-0.39, 0.29) is 0 Å². The fourth-order valence-electron chi connectivity index (χ4n) is 7.89. The van der Waals surface area contributed by atoms with Gasteiger partial charge in [0.15, 0.2) is 0 Å². The predicted octanol–water partition coefficient (Wildman–Crippen LogP) is 10.9. The van der Waals surface area contributed by atoms with Crippen molar-refractivity contribution in [3.63, 3.8) is 0 Å². The molecule has 0 aliphatic heterocycles. The van der Waals surface area contributed by atoms with Gasteiger partial charge in [-0.15, -0.1) is 0 Å². The molecule has 0 rings (SSSR count). The van der Waals surface area contributed by atoms with Crippen LogP contribution in [-0.4, -0.2) is 139 Å². The first-order chi connectivity index (χ1) is 27.1. The first kappa shape index (κ1) is 55.7. The lowest BCUT2D eigenvalue weighted by molar-refractivity contribution is -0.893. The molecule has 2 atom stereocenters. The van der Waals surface area contributed by atoms with Crippen LogP contribution >= 0.6 is 0 Å². The summed E-state index contributed by atoms with van der Waals surface area (Å²) >= 11 is 0. The maximum absolute atomic E-state index is 10.5. The summed E-state index contributed by atoms with van der Waals surface area (Å²) < 4.78 is 24.3. The van der Waals surface area contributed by atoms with E-state index in [0.29, 0.717) is 65.9 Å². The number of nitrogens with zero attached hydrogens (tertiary/aromatic N) is 2. The number of likely N-dealkylation sites (N-methyl/N-ethyl adjacent to an activating group) is 2. The molecule has 8 nitrogen and oxygen atoms in total. The van der Waals surface area contributed by atoms with Gasteiger partial charge in [0.05, 0.1) is 94.1 Å². The molecule has 0 saturated carbocycles. The second-order valence-corrected chi connectivity index (χ2v) is 18.6. The minimum atomic E-state index is -0.461. The van der Waals surface area contributed by atoms with Crippen LogP contribution in [-0.2, 0) is 18.9 Å². The van der Waals surface area contributed by atoms with E-state index >= 15 is 0 Å². The second kappa shape index (κ2) is 41.4. The van der Waals surface area contributed by atoms with Crippen LogP contribution in [0.5, 0.6) is 0 Å². The van der Waals surface area contributed by atoms with E-state index in [9.17, 15) is 10.2 Å². The molecular weight excluding hydrogens is 701 g/mol. The molecule has 56 heavy (non-hydrogen) atoms. The lowest BCUT2D eigenvalue weighted by Gasteiger charge is -2.32. The first-order valence-electron chi connectivity index (χ1n) is 24.4. The smallest absolute Gasteiger partial charge is 0.126 e. The number of rotatable bonds is 47. The quantitative estimate of drug-likeness (QED) is 0.0471. The van der Waals surface area contributed by atoms with Gasteiger partial charge in [-0.1, -0.05) is 168 Å². The summed E-state index contributed by atoms with van der Waals surface area (Å²) in [7, 11) is 8.85. The fraction of sp³-hybridized carbons (Fsp3) is 1.00. The van der Waals surface area contributed by atoms with Gasteiger partial charge in [-0.25, -0.2) is 0 Å². The molecule has 0 aromatic heterocycles. The number of hydrogen-bond acceptors (Lipinski definition) is 6. The predicted molar refractivity (Wildman–Crippen MR) is 240 cm³/mol. The highest BCUT2D eigenvalue weighted by Gasteiger charge is 2.21. The lowest BCUT2D eigenvalue weighted by Crippen LogP contribution is -2.47. The molecule has 0 aromatic carbocycles. The highest BCUT2D eigenvalue weighted by Crippen LogP contribution is 2.15. The minimum absolute atomic E-state index is 0.346. The minimum Gasteiger partial charge on any atom is -0.385 e. The van der Waals surface area contributed by atoms with Crippen molar-refractivity contribution in [2.24, 2.45) is 0 Å². The van der Waals surface area contributed by atoms with Crippen molar-refractivity contribution in [1.82, 2.24) is 0 Å². The number of hydrogen-bond donors (Lipinski definition) is 2. The molecule has 0 radical (unpaired) electrons. The van der Waals surface area contributed by atoms with Gasteiger partial charge in [-0.2, -0.15) is 0 Å². The van der Waals surface area contributed by atoms with Crippen molar-refractivity contribution < 1.29 is 38.1 Å². The van der Waals surface area contributed by atoms with Crippen molar-refractivity contribution in [2.45, 2.75) is 206 Å². The van der Waals surface area contributed by atoms with E-state index < -0.39 is 12.2 Å². The number of aliphatic hydroxyl groups excluding tert-OH is 2. The average Bonchev–Trinajstić information content (AvgIpc) is 3.15. The summed E-state index contributed by atoms with van der Waals surface area (Å²) in [6.45, 7) is 11.8. The molecule has 0 aliphatic rings. The molecule has 0 aliphatic carbocycles. The Morgan fingerprint density at radius 1 is 0.321 bits per heavy atom. The third-order valence-electron chi connectivity index (χ3n) is 11.4. The van der Waals surface area contributed by atoms with Gasteiger partial charge in [0, 0.05) is 0 Å². The molecule has 0 heterocycles. The zero-order valence-electron chi connectivity index (χ0n) is 38.9. The Balaban J connectivity index is 3.54. The monoisotopic (exact) mass is 803 g/mol. The zero-order valence-corrected chi connectivity index (χ0v) is 38.9. The zero-order chi connectivity index (χ0) is 41.3. The topological polar surface area (TPSA) is 77.4 Å². The fourth-order valence-corrected chi connectivity index (χ4v) is 7.89. The van der Waals surface area contributed by atoms with Gasteiger partial charge in [0.25, 0.3) is 0 Å². The van der Waals surface area contributed by atoms with Gasteiger partial charge in [0.2, 0.25) is 0 Å². The molecule has 0 spiro atoms. The molecule has 8 heteroatoms. The second-order valence-electron chi connectivity index (χ2n) is 18.6. The summed E-state index contributed by atoms with van der Waals surface area (Å²) in [5, 5.41) is 21.0. The molecule has 0 amide bonds. The number of ether oxygens (including phenoxy) is 4. The van der Waals surface area contributed by atoms with Gasteiger partial charge in [0.1, 0.15) is 25.3 Å². The SMILES string of the molecule is CCCCCCCCCCCCCCCC[N+](C)(C)CC(O)COCCOCCOCCOCC(O)C[N+](C)(C)CCCCCCCCCCCCCCCC. The normalized spacial score (nSPS) is 13.5. The molecule has 338 valence electrons. The van der Waals surface area contributed by atoms with Crippen LogP contribution in [0.1, 0.15) is 194 Å². The Morgan fingerprint density at radius 3 is 0.786 bits per heavy atom. The van der Waals surface area contributed by atoms with E-state index in [1.165, 1.54) is 180 Å². The van der Waals surface area contributed by atoms with E-state index in [1.54, 1.807) is 0 Å². The van der Waals surface area contributed by atoms with Crippen LogP contribution in [0, 0.1) is 0 Å². The molecule has 0 aromatic rings. The van der Waals surface area contributed by atoms with Crippen LogP contribution < -0.4 is 0 Å². The summed E-state index contributed by atoms with van der Waals surface area (Å²) in [5.41, 5.74) is 0. The van der Waals surface area contributed by atoms with Gasteiger partial charge >= 0.3 is 0 Å². The maximum Gasteiger partial charge on any atom is 0.126 e. The molecule has 0 bridgehead atoms. The summed E-state index contributed by atoms with van der Waals surface area (Å²) in [6, 6.07) is 0. The average molecular weight is 803 g/mol. The van der Waals surface area contributed by atoms with Crippen molar-refractivity contribution in [1.29, 1.82) is 0 Å². The van der Waals surface area contributed by atoms with Crippen molar-refractivity contribution in [3.05, 3.63) is 0 Å². The van der Waals surface area contributed by atoms with Gasteiger partial charge in [-0.05, 0) is 25.7 Å². The molecule has 0 saturated heterocycles. The third-order valence-corrected chi connectivity index (χ3v) is 11.4. The Kier molecular flexibility index (Phi) is 41.2. The Labute approximate surface area is 350 Å². The summed E-state index contributed by atoms with van der Waals surface area (Å²) in [5.74, 6) is 0. The third kappa shape index (κ3) is 43.3. The maximum atomic E-state index is 10.5. The van der Waals surface area contributed by atoms with E-state index in [2.05, 4.69) is 42.0 Å². The Morgan fingerprint density at radius 2 is 0.536 bits per heavy atom. The molecular formula is C48H102N2O6+2. The van der Waals surface area contributed by atoms with E-state index in [0.717, 1.165) is 22.1 Å². The van der Waals surface area contributed by atoms with Crippen LogP contribution in [0.3, 0.4) is 0 Å². The van der Waals surface area contributed by atoms with Gasteiger partial charge in [-0.3, -0.25) is 0 Å². The van der Waals surface area contributed by atoms with Crippen molar-refractivity contribution >= 4 is 0 Å². The van der Waals surface area contributed by atoms with Crippen molar-refractivity contribution in [2.75, 3.05) is 107 Å². The lowest BCUT2D eigenvalue weighted by atomic mass is 10.0.